The fourth-order valence-corrected chi connectivity index (χ4v) is 2.52. The SMILES string of the molecule is Cn1ccc(CC(N)c2ccc(Br)cc2Cl)n1. The van der Waals surface area contributed by atoms with E-state index in [0.29, 0.717) is 11.4 Å². The third-order valence-electron chi connectivity index (χ3n) is 2.56. The van der Waals surface area contributed by atoms with E-state index in [4.69, 9.17) is 17.3 Å². The van der Waals surface area contributed by atoms with Crippen LogP contribution in [0.5, 0.6) is 0 Å². The van der Waals surface area contributed by atoms with E-state index in [-0.39, 0.29) is 6.04 Å². The lowest BCUT2D eigenvalue weighted by Crippen LogP contribution is -2.14. The summed E-state index contributed by atoms with van der Waals surface area (Å²) in [4.78, 5) is 0. The summed E-state index contributed by atoms with van der Waals surface area (Å²) in [5, 5.41) is 4.99. The van der Waals surface area contributed by atoms with E-state index in [1.807, 2.05) is 37.5 Å². The molecule has 0 bridgehead atoms. The molecular formula is C12H13BrClN3. The van der Waals surface area contributed by atoms with Gasteiger partial charge < -0.3 is 5.73 Å². The molecule has 3 nitrogen and oxygen atoms in total. The number of rotatable bonds is 3. The molecule has 1 aromatic carbocycles. The van der Waals surface area contributed by atoms with Crippen molar-refractivity contribution in [3.63, 3.8) is 0 Å². The monoisotopic (exact) mass is 313 g/mol. The van der Waals surface area contributed by atoms with Gasteiger partial charge in [-0.05, 0) is 23.8 Å². The molecule has 90 valence electrons. The van der Waals surface area contributed by atoms with Gasteiger partial charge in [-0.15, -0.1) is 0 Å². The summed E-state index contributed by atoms with van der Waals surface area (Å²) >= 11 is 9.53. The van der Waals surface area contributed by atoms with Crippen LogP contribution in [0, 0.1) is 0 Å². The van der Waals surface area contributed by atoms with Gasteiger partial charge in [0.1, 0.15) is 0 Å². The van der Waals surface area contributed by atoms with Crippen LogP contribution >= 0.6 is 27.5 Å². The molecular weight excluding hydrogens is 302 g/mol. The second-order valence-corrected chi connectivity index (χ2v) is 5.28. The van der Waals surface area contributed by atoms with Crippen molar-refractivity contribution in [2.75, 3.05) is 0 Å². The summed E-state index contributed by atoms with van der Waals surface area (Å²) in [5.74, 6) is 0. The molecule has 0 saturated carbocycles. The Morgan fingerprint density at radius 1 is 1.47 bits per heavy atom. The first-order chi connectivity index (χ1) is 8.06. The largest absolute Gasteiger partial charge is 0.324 e. The molecule has 2 rings (SSSR count). The zero-order chi connectivity index (χ0) is 12.4. The van der Waals surface area contributed by atoms with Crippen molar-refractivity contribution in [1.82, 2.24) is 9.78 Å². The normalized spacial score (nSPS) is 12.7. The molecule has 0 fully saturated rings. The predicted molar refractivity (Wildman–Crippen MR) is 73.0 cm³/mol. The maximum absolute atomic E-state index is 6.16. The van der Waals surface area contributed by atoms with E-state index in [1.54, 1.807) is 4.68 Å². The van der Waals surface area contributed by atoms with Gasteiger partial charge >= 0.3 is 0 Å². The lowest BCUT2D eigenvalue weighted by Gasteiger charge is -2.12. The Labute approximate surface area is 114 Å². The molecule has 0 saturated heterocycles. The number of benzene rings is 1. The maximum Gasteiger partial charge on any atom is 0.0643 e. The minimum absolute atomic E-state index is 0.134. The second-order valence-electron chi connectivity index (χ2n) is 3.96. The van der Waals surface area contributed by atoms with Crippen molar-refractivity contribution in [3.8, 4) is 0 Å². The van der Waals surface area contributed by atoms with E-state index >= 15 is 0 Å². The van der Waals surface area contributed by atoms with Gasteiger partial charge in [-0.25, -0.2) is 0 Å². The number of aromatic nitrogens is 2. The van der Waals surface area contributed by atoms with E-state index in [2.05, 4.69) is 21.0 Å². The Kier molecular flexibility index (Phi) is 3.86. The highest BCUT2D eigenvalue weighted by molar-refractivity contribution is 9.10. The van der Waals surface area contributed by atoms with Crippen molar-refractivity contribution in [1.29, 1.82) is 0 Å². The van der Waals surface area contributed by atoms with Crippen LogP contribution in [0.25, 0.3) is 0 Å². The molecule has 1 aromatic heterocycles. The van der Waals surface area contributed by atoms with Gasteiger partial charge in [-0.3, -0.25) is 4.68 Å². The summed E-state index contributed by atoms with van der Waals surface area (Å²) in [5.41, 5.74) is 8.05. The van der Waals surface area contributed by atoms with Crippen molar-refractivity contribution in [3.05, 3.63) is 51.2 Å². The van der Waals surface area contributed by atoms with Crippen molar-refractivity contribution in [2.24, 2.45) is 12.8 Å². The van der Waals surface area contributed by atoms with Gasteiger partial charge in [-0.1, -0.05) is 33.6 Å². The lowest BCUT2D eigenvalue weighted by molar-refractivity contribution is 0.675. The minimum Gasteiger partial charge on any atom is -0.324 e. The molecule has 1 unspecified atom stereocenters. The molecule has 0 aliphatic rings. The third-order valence-corrected chi connectivity index (χ3v) is 3.38. The summed E-state index contributed by atoms with van der Waals surface area (Å²) in [7, 11) is 1.89. The first-order valence-electron chi connectivity index (χ1n) is 5.25. The molecule has 0 spiro atoms. The quantitative estimate of drug-likeness (QED) is 0.946. The Morgan fingerprint density at radius 3 is 2.82 bits per heavy atom. The Bertz CT molecular complexity index is 524. The fourth-order valence-electron chi connectivity index (χ4n) is 1.71. The van der Waals surface area contributed by atoms with Crippen LogP contribution in [0.1, 0.15) is 17.3 Å². The Hall–Kier alpha value is -0.840. The van der Waals surface area contributed by atoms with Gasteiger partial charge in [0, 0.05) is 35.2 Å². The molecule has 17 heavy (non-hydrogen) atoms. The molecule has 1 heterocycles. The maximum atomic E-state index is 6.16. The van der Waals surface area contributed by atoms with Gasteiger partial charge in [-0.2, -0.15) is 5.10 Å². The van der Waals surface area contributed by atoms with Gasteiger partial charge in [0.2, 0.25) is 0 Å². The molecule has 5 heteroatoms. The first kappa shape index (κ1) is 12.6. The van der Waals surface area contributed by atoms with Crippen LogP contribution < -0.4 is 5.73 Å². The fraction of sp³-hybridized carbons (Fsp3) is 0.250. The predicted octanol–water partition coefficient (Wildman–Crippen LogP) is 3.08. The average Bonchev–Trinajstić information content (AvgIpc) is 2.63. The van der Waals surface area contributed by atoms with Crippen LogP contribution in [-0.4, -0.2) is 9.78 Å². The zero-order valence-electron chi connectivity index (χ0n) is 9.40. The summed E-state index contributed by atoms with van der Waals surface area (Å²) in [6.07, 6.45) is 2.59. The third kappa shape index (κ3) is 3.09. The molecule has 1 atom stereocenters. The van der Waals surface area contributed by atoms with Crippen molar-refractivity contribution < 1.29 is 0 Å². The molecule has 2 aromatic rings. The summed E-state index contributed by atoms with van der Waals surface area (Å²) in [6.45, 7) is 0. The summed E-state index contributed by atoms with van der Waals surface area (Å²) < 4.78 is 2.72. The highest BCUT2D eigenvalue weighted by Crippen LogP contribution is 2.26. The van der Waals surface area contributed by atoms with E-state index in [0.717, 1.165) is 15.7 Å². The Balaban J connectivity index is 2.17. The van der Waals surface area contributed by atoms with Crippen molar-refractivity contribution >= 4 is 27.5 Å². The topological polar surface area (TPSA) is 43.8 Å². The van der Waals surface area contributed by atoms with Gasteiger partial charge in [0.05, 0.1) is 5.69 Å². The highest BCUT2D eigenvalue weighted by Gasteiger charge is 2.12. The average molecular weight is 315 g/mol. The first-order valence-corrected chi connectivity index (χ1v) is 6.42. The van der Waals surface area contributed by atoms with Crippen molar-refractivity contribution in [2.45, 2.75) is 12.5 Å². The van der Waals surface area contributed by atoms with E-state index in [9.17, 15) is 0 Å². The number of nitrogens with zero attached hydrogens (tertiary/aromatic N) is 2. The van der Waals surface area contributed by atoms with Crippen LogP contribution in [0.15, 0.2) is 34.9 Å². The standard InChI is InChI=1S/C12H13BrClN3/c1-17-5-4-9(16-17)7-12(15)10-3-2-8(13)6-11(10)14/h2-6,12H,7,15H2,1H3. The molecule has 0 radical (unpaired) electrons. The summed E-state index contributed by atoms with van der Waals surface area (Å²) in [6, 6.07) is 7.58. The second kappa shape index (κ2) is 5.21. The zero-order valence-corrected chi connectivity index (χ0v) is 11.7. The number of nitrogens with two attached hydrogens (primary N) is 1. The molecule has 0 aliphatic heterocycles. The van der Waals surface area contributed by atoms with E-state index in [1.165, 1.54) is 0 Å². The minimum atomic E-state index is -0.134. The van der Waals surface area contributed by atoms with Crippen LogP contribution in [0.2, 0.25) is 5.02 Å². The molecule has 2 N–H and O–H groups in total. The van der Waals surface area contributed by atoms with Crippen LogP contribution in [0.4, 0.5) is 0 Å². The highest BCUT2D eigenvalue weighted by atomic mass is 79.9. The van der Waals surface area contributed by atoms with Gasteiger partial charge in [0.15, 0.2) is 0 Å². The lowest BCUT2D eigenvalue weighted by atomic mass is 10.0. The molecule has 0 amide bonds. The van der Waals surface area contributed by atoms with E-state index < -0.39 is 0 Å². The van der Waals surface area contributed by atoms with Crippen LogP contribution in [-0.2, 0) is 13.5 Å². The van der Waals surface area contributed by atoms with Gasteiger partial charge in [0.25, 0.3) is 0 Å². The molecule has 0 aliphatic carbocycles. The number of halogens is 2. The smallest absolute Gasteiger partial charge is 0.0643 e. The van der Waals surface area contributed by atoms with Crippen LogP contribution in [0.3, 0.4) is 0 Å². The number of aryl methyl sites for hydroxylation is 1. The number of hydrogen-bond donors (Lipinski definition) is 1. The number of hydrogen-bond acceptors (Lipinski definition) is 2. The Morgan fingerprint density at radius 2 is 2.24 bits per heavy atom.